The van der Waals surface area contributed by atoms with Crippen molar-refractivity contribution in [1.29, 1.82) is 0 Å². The van der Waals surface area contributed by atoms with Crippen molar-refractivity contribution in [3.63, 3.8) is 0 Å². The van der Waals surface area contributed by atoms with Gasteiger partial charge in [0.15, 0.2) is 0 Å². The molecule has 5 heteroatoms. The fourth-order valence-electron chi connectivity index (χ4n) is 1.95. The average Bonchev–Trinajstić information content (AvgIpc) is 2.78. The van der Waals surface area contributed by atoms with E-state index in [1.165, 1.54) is 17.0 Å². The highest BCUT2D eigenvalue weighted by atomic mass is 19.1. The molecule has 100 valence electrons. The Morgan fingerprint density at radius 1 is 1.42 bits per heavy atom. The number of aromatic nitrogens is 1. The Hall–Kier alpha value is -2.30. The molecule has 0 fully saturated rings. The molecular formula is C14H16FN3O. The van der Waals surface area contributed by atoms with Crippen LogP contribution in [0.25, 0.3) is 0 Å². The Bertz CT molecular complexity index is 606. The van der Waals surface area contributed by atoms with Gasteiger partial charge in [-0.3, -0.25) is 4.79 Å². The van der Waals surface area contributed by atoms with Gasteiger partial charge in [0.25, 0.3) is 5.91 Å². The number of anilines is 2. The van der Waals surface area contributed by atoms with E-state index in [0.717, 1.165) is 0 Å². The number of rotatable bonds is 3. The zero-order valence-corrected chi connectivity index (χ0v) is 10.9. The van der Waals surface area contributed by atoms with Crippen molar-refractivity contribution in [2.24, 2.45) is 0 Å². The van der Waals surface area contributed by atoms with Crippen molar-refractivity contribution in [1.82, 2.24) is 4.57 Å². The minimum Gasteiger partial charge on any atom is -0.397 e. The van der Waals surface area contributed by atoms with Crippen LogP contribution in [0, 0.1) is 5.82 Å². The smallest absolute Gasteiger partial charge is 0.274 e. The Labute approximate surface area is 111 Å². The Kier molecular flexibility index (Phi) is 3.55. The number of hydrogen-bond acceptors (Lipinski definition) is 2. The lowest BCUT2D eigenvalue weighted by Gasteiger charge is -2.18. The predicted molar refractivity (Wildman–Crippen MR) is 73.7 cm³/mol. The monoisotopic (exact) mass is 261 g/mol. The van der Waals surface area contributed by atoms with Gasteiger partial charge < -0.3 is 15.2 Å². The number of nitrogens with zero attached hydrogens (tertiary/aromatic N) is 2. The summed E-state index contributed by atoms with van der Waals surface area (Å²) in [5.41, 5.74) is 7.24. The minimum atomic E-state index is -0.373. The lowest BCUT2D eigenvalue weighted by Crippen LogP contribution is -2.28. The number of carbonyl (C=O) groups excluding carboxylic acids is 1. The topological polar surface area (TPSA) is 51.3 Å². The number of carbonyl (C=O) groups is 1. The molecular weight excluding hydrogens is 245 g/mol. The molecule has 1 amide bonds. The fourth-order valence-corrected chi connectivity index (χ4v) is 1.95. The van der Waals surface area contributed by atoms with E-state index < -0.39 is 0 Å². The highest BCUT2D eigenvalue weighted by Gasteiger charge is 2.18. The Morgan fingerprint density at radius 2 is 2.16 bits per heavy atom. The van der Waals surface area contributed by atoms with Gasteiger partial charge in [0.2, 0.25) is 0 Å². The highest BCUT2D eigenvalue weighted by molar-refractivity contribution is 6.05. The molecule has 4 nitrogen and oxygen atoms in total. The molecule has 0 aliphatic heterocycles. The van der Waals surface area contributed by atoms with Crippen LogP contribution in [0.3, 0.4) is 0 Å². The summed E-state index contributed by atoms with van der Waals surface area (Å²) in [6.07, 6.45) is 1.71. The standard InChI is InChI=1S/C14H16FN3O/c1-3-18-9-11(16)8-13(18)14(19)17(2)12-6-4-5-10(15)7-12/h4-9H,3,16H2,1-2H3. The first kappa shape index (κ1) is 13.1. The second-order valence-corrected chi connectivity index (χ2v) is 4.29. The van der Waals surface area contributed by atoms with E-state index in [-0.39, 0.29) is 11.7 Å². The maximum Gasteiger partial charge on any atom is 0.274 e. The molecule has 1 heterocycles. The zero-order valence-electron chi connectivity index (χ0n) is 10.9. The summed E-state index contributed by atoms with van der Waals surface area (Å²) in [5, 5.41) is 0. The lowest BCUT2D eigenvalue weighted by atomic mass is 10.2. The average molecular weight is 261 g/mol. The fraction of sp³-hybridized carbons (Fsp3) is 0.214. The third kappa shape index (κ3) is 2.59. The molecule has 2 rings (SSSR count). The first-order chi connectivity index (χ1) is 9.02. The lowest BCUT2D eigenvalue weighted by molar-refractivity contribution is 0.0984. The number of amides is 1. The first-order valence-corrected chi connectivity index (χ1v) is 6.02. The van der Waals surface area contributed by atoms with Crippen LogP contribution >= 0.6 is 0 Å². The van der Waals surface area contributed by atoms with E-state index in [1.807, 2.05) is 6.92 Å². The van der Waals surface area contributed by atoms with E-state index >= 15 is 0 Å². The summed E-state index contributed by atoms with van der Waals surface area (Å²) in [4.78, 5) is 13.8. The maximum absolute atomic E-state index is 13.2. The van der Waals surface area contributed by atoms with E-state index in [1.54, 1.807) is 36.0 Å². The quantitative estimate of drug-likeness (QED) is 0.923. The van der Waals surface area contributed by atoms with Crippen LogP contribution in [-0.4, -0.2) is 17.5 Å². The van der Waals surface area contributed by atoms with Gasteiger partial charge in [-0.2, -0.15) is 0 Å². The summed E-state index contributed by atoms with van der Waals surface area (Å²) in [7, 11) is 1.61. The predicted octanol–water partition coefficient (Wildman–Crippen LogP) is 2.51. The van der Waals surface area contributed by atoms with E-state index in [0.29, 0.717) is 23.6 Å². The minimum absolute atomic E-state index is 0.218. The van der Waals surface area contributed by atoms with Crippen molar-refractivity contribution in [2.45, 2.75) is 13.5 Å². The summed E-state index contributed by atoms with van der Waals surface area (Å²) in [6.45, 7) is 2.58. The molecule has 19 heavy (non-hydrogen) atoms. The third-order valence-corrected chi connectivity index (χ3v) is 2.98. The third-order valence-electron chi connectivity index (χ3n) is 2.98. The van der Waals surface area contributed by atoms with Gasteiger partial charge in [0.1, 0.15) is 11.5 Å². The molecule has 1 aromatic heterocycles. The molecule has 0 aliphatic carbocycles. The number of aryl methyl sites for hydroxylation is 1. The normalized spacial score (nSPS) is 10.5. The van der Waals surface area contributed by atoms with Crippen molar-refractivity contribution < 1.29 is 9.18 Å². The van der Waals surface area contributed by atoms with Crippen LogP contribution in [-0.2, 0) is 6.54 Å². The van der Waals surface area contributed by atoms with Crippen molar-refractivity contribution >= 4 is 17.3 Å². The highest BCUT2D eigenvalue weighted by Crippen LogP contribution is 2.19. The van der Waals surface area contributed by atoms with Gasteiger partial charge in [0, 0.05) is 25.5 Å². The van der Waals surface area contributed by atoms with E-state index in [9.17, 15) is 9.18 Å². The number of nitrogens with two attached hydrogens (primary N) is 1. The maximum atomic E-state index is 13.2. The van der Waals surface area contributed by atoms with Gasteiger partial charge in [-0.25, -0.2) is 4.39 Å². The molecule has 0 atom stereocenters. The zero-order chi connectivity index (χ0) is 14.0. The molecule has 0 unspecified atom stereocenters. The van der Waals surface area contributed by atoms with Crippen molar-refractivity contribution in [3.05, 3.63) is 48.0 Å². The number of hydrogen-bond donors (Lipinski definition) is 1. The van der Waals surface area contributed by atoms with Crippen LogP contribution < -0.4 is 10.6 Å². The van der Waals surface area contributed by atoms with Gasteiger partial charge in [-0.15, -0.1) is 0 Å². The van der Waals surface area contributed by atoms with Gasteiger partial charge in [-0.05, 0) is 31.2 Å². The van der Waals surface area contributed by atoms with Crippen molar-refractivity contribution in [3.8, 4) is 0 Å². The van der Waals surface area contributed by atoms with Crippen LogP contribution in [0.2, 0.25) is 0 Å². The molecule has 1 aromatic carbocycles. The Morgan fingerprint density at radius 3 is 2.79 bits per heavy atom. The van der Waals surface area contributed by atoms with Crippen LogP contribution in [0.1, 0.15) is 17.4 Å². The van der Waals surface area contributed by atoms with E-state index in [2.05, 4.69) is 0 Å². The van der Waals surface area contributed by atoms with E-state index in [4.69, 9.17) is 5.73 Å². The number of halogens is 1. The summed E-state index contributed by atoms with van der Waals surface area (Å²) >= 11 is 0. The molecule has 0 aliphatic rings. The number of nitrogen functional groups attached to an aromatic ring is 1. The molecule has 2 aromatic rings. The largest absolute Gasteiger partial charge is 0.397 e. The van der Waals surface area contributed by atoms with Crippen LogP contribution in [0.15, 0.2) is 36.5 Å². The molecule has 0 radical (unpaired) electrons. The van der Waals surface area contributed by atoms with Gasteiger partial charge in [0.05, 0.1) is 5.69 Å². The van der Waals surface area contributed by atoms with Crippen molar-refractivity contribution in [2.75, 3.05) is 17.7 Å². The Balaban J connectivity index is 2.33. The molecule has 0 spiro atoms. The molecule has 0 saturated carbocycles. The second-order valence-electron chi connectivity index (χ2n) is 4.29. The summed E-state index contributed by atoms with van der Waals surface area (Å²) in [5.74, 6) is -0.591. The summed E-state index contributed by atoms with van der Waals surface area (Å²) < 4.78 is 15.0. The van der Waals surface area contributed by atoms with Gasteiger partial charge in [-0.1, -0.05) is 6.07 Å². The molecule has 0 bridgehead atoms. The first-order valence-electron chi connectivity index (χ1n) is 6.02. The second kappa shape index (κ2) is 5.14. The van der Waals surface area contributed by atoms with Crippen LogP contribution in [0.5, 0.6) is 0 Å². The summed E-state index contributed by atoms with van der Waals surface area (Å²) in [6, 6.07) is 7.54. The molecule has 0 saturated heterocycles. The molecule has 2 N–H and O–H groups in total. The number of benzene rings is 1. The SMILES string of the molecule is CCn1cc(N)cc1C(=O)N(C)c1cccc(F)c1. The van der Waals surface area contributed by atoms with Crippen LogP contribution in [0.4, 0.5) is 15.8 Å². The van der Waals surface area contributed by atoms with Gasteiger partial charge >= 0.3 is 0 Å².